The van der Waals surface area contributed by atoms with Gasteiger partial charge in [-0.3, -0.25) is 4.79 Å². The Morgan fingerprint density at radius 2 is 1.85 bits per heavy atom. The third-order valence-electron chi connectivity index (χ3n) is 4.47. The van der Waals surface area contributed by atoms with Crippen LogP contribution in [0.2, 0.25) is 0 Å². The van der Waals surface area contributed by atoms with Gasteiger partial charge in [0.25, 0.3) is 0 Å². The molecule has 2 aromatic carbocycles. The predicted molar refractivity (Wildman–Crippen MR) is 100 cm³/mol. The Hall–Kier alpha value is -3.02. The van der Waals surface area contributed by atoms with Crippen LogP contribution < -0.4 is 11.1 Å². The number of carbonyl (C=O) groups excluding carboxylic acids is 2. The van der Waals surface area contributed by atoms with E-state index >= 15 is 0 Å². The maximum atomic E-state index is 12.5. The first-order chi connectivity index (χ1) is 12.6. The van der Waals surface area contributed by atoms with Gasteiger partial charge in [0.15, 0.2) is 0 Å². The maximum absolute atomic E-state index is 12.5. The Morgan fingerprint density at radius 1 is 1.12 bits per heavy atom. The number of para-hydroxylation sites is 2. The normalized spacial score (nSPS) is 16.8. The Kier molecular flexibility index (Phi) is 5.73. The quantitative estimate of drug-likeness (QED) is 0.826. The monoisotopic (exact) mass is 353 g/mol. The van der Waals surface area contributed by atoms with E-state index in [0.29, 0.717) is 24.5 Å². The van der Waals surface area contributed by atoms with Gasteiger partial charge in [0.1, 0.15) is 6.61 Å². The number of ether oxygens (including phenoxy) is 1. The number of nitrogens with two attached hydrogens (primary N) is 1. The molecule has 0 aliphatic carbocycles. The topological polar surface area (TPSA) is 84.7 Å². The van der Waals surface area contributed by atoms with Crippen LogP contribution in [0.4, 0.5) is 16.2 Å². The van der Waals surface area contributed by atoms with E-state index in [0.717, 1.165) is 18.4 Å². The third kappa shape index (κ3) is 4.53. The molecule has 2 amide bonds. The highest BCUT2D eigenvalue weighted by Gasteiger charge is 2.29. The second-order valence-electron chi connectivity index (χ2n) is 6.40. The number of carbonyl (C=O) groups is 2. The van der Waals surface area contributed by atoms with E-state index in [4.69, 9.17) is 10.5 Å². The molecule has 3 N–H and O–H groups in total. The number of hydrogen-bond donors (Lipinski definition) is 2. The van der Waals surface area contributed by atoms with Gasteiger partial charge in [0.05, 0.1) is 17.3 Å². The van der Waals surface area contributed by atoms with Crippen molar-refractivity contribution in [3.05, 3.63) is 60.2 Å². The van der Waals surface area contributed by atoms with Crippen molar-refractivity contribution in [3.63, 3.8) is 0 Å². The average Bonchev–Trinajstić information content (AvgIpc) is 2.69. The molecule has 3 rings (SSSR count). The minimum Gasteiger partial charge on any atom is -0.445 e. The number of nitrogens with one attached hydrogen (secondary N) is 1. The molecule has 1 saturated heterocycles. The highest BCUT2D eigenvalue weighted by Crippen LogP contribution is 2.22. The van der Waals surface area contributed by atoms with Gasteiger partial charge in [-0.05, 0) is 30.5 Å². The minimum absolute atomic E-state index is 0.122. The van der Waals surface area contributed by atoms with Crippen LogP contribution in [0.1, 0.15) is 18.4 Å². The highest BCUT2D eigenvalue weighted by molar-refractivity contribution is 5.95. The molecule has 1 atom stereocenters. The van der Waals surface area contributed by atoms with Crippen LogP contribution in [0.25, 0.3) is 0 Å². The number of rotatable bonds is 4. The van der Waals surface area contributed by atoms with E-state index in [2.05, 4.69) is 5.32 Å². The number of hydrogen-bond acceptors (Lipinski definition) is 4. The molecule has 1 fully saturated rings. The lowest BCUT2D eigenvalue weighted by atomic mass is 9.97. The van der Waals surface area contributed by atoms with Gasteiger partial charge in [-0.2, -0.15) is 0 Å². The first-order valence-electron chi connectivity index (χ1n) is 8.74. The van der Waals surface area contributed by atoms with Crippen LogP contribution in [0.3, 0.4) is 0 Å². The van der Waals surface area contributed by atoms with E-state index in [1.807, 2.05) is 42.5 Å². The molecule has 1 aliphatic heterocycles. The molecule has 1 aliphatic rings. The summed E-state index contributed by atoms with van der Waals surface area (Å²) < 4.78 is 5.37. The number of amides is 2. The van der Waals surface area contributed by atoms with Crippen molar-refractivity contribution >= 4 is 23.4 Å². The van der Waals surface area contributed by atoms with Crippen molar-refractivity contribution in [2.75, 3.05) is 24.1 Å². The second-order valence-corrected chi connectivity index (χ2v) is 6.40. The van der Waals surface area contributed by atoms with Crippen molar-refractivity contribution < 1.29 is 14.3 Å². The highest BCUT2D eigenvalue weighted by atomic mass is 16.6. The molecule has 6 heteroatoms. The second kappa shape index (κ2) is 8.38. The van der Waals surface area contributed by atoms with Crippen LogP contribution in [0, 0.1) is 5.92 Å². The summed E-state index contributed by atoms with van der Waals surface area (Å²) in [6.07, 6.45) is 1.12. The molecule has 0 spiro atoms. The lowest BCUT2D eigenvalue weighted by Gasteiger charge is -2.31. The van der Waals surface area contributed by atoms with Crippen molar-refractivity contribution in [2.24, 2.45) is 5.92 Å². The lowest BCUT2D eigenvalue weighted by Crippen LogP contribution is -2.44. The van der Waals surface area contributed by atoms with Gasteiger partial charge >= 0.3 is 6.09 Å². The van der Waals surface area contributed by atoms with Crippen LogP contribution >= 0.6 is 0 Å². The zero-order valence-electron chi connectivity index (χ0n) is 14.6. The molecule has 1 heterocycles. The molecule has 1 unspecified atom stereocenters. The Labute approximate surface area is 152 Å². The average molecular weight is 353 g/mol. The van der Waals surface area contributed by atoms with Gasteiger partial charge in [0.2, 0.25) is 5.91 Å². The molecule has 0 radical (unpaired) electrons. The summed E-state index contributed by atoms with van der Waals surface area (Å²) in [6, 6.07) is 16.7. The molecule has 0 aromatic heterocycles. The number of benzene rings is 2. The Morgan fingerprint density at radius 3 is 2.62 bits per heavy atom. The van der Waals surface area contributed by atoms with Crippen molar-refractivity contribution in [3.8, 4) is 0 Å². The number of nitrogens with zero attached hydrogens (tertiary/aromatic N) is 1. The molecule has 26 heavy (non-hydrogen) atoms. The molecule has 136 valence electrons. The summed E-state index contributed by atoms with van der Waals surface area (Å²) in [5, 5.41) is 2.85. The van der Waals surface area contributed by atoms with E-state index in [9.17, 15) is 9.59 Å². The summed E-state index contributed by atoms with van der Waals surface area (Å²) in [6.45, 7) is 1.19. The Bertz CT molecular complexity index is 764. The van der Waals surface area contributed by atoms with Crippen molar-refractivity contribution in [2.45, 2.75) is 19.4 Å². The van der Waals surface area contributed by atoms with Gasteiger partial charge in [-0.15, -0.1) is 0 Å². The fraction of sp³-hybridized carbons (Fsp3) is 0.300. The van der Waals surface area contributed by atoms with Crippen LogP contribution in [-0.2, 0) is 16.1 Å². The molecule has 0 bridgehead atoms. The van der Waals surface area contributed by atoms with Crippen molar-refractivity contribution in [1.82, 2.24) is 4.90 Å². The Balaban J connectivity index is 1.54. The minimum atomic E-state index is -0.384. The fourth-order valence-electron chi connectivity index (χ4n) is 3.01. The predicted octanol–water partition coefficient (Wildman–Crippen LogP) is 3.26. The number of anilines is 2. The molecule has 2 aromatic rings. The zero-order valence-corrected chi connectivity index (χ0v) is 14.6. The summed E-state index contributed by atoms with van der Waals surface area (Å²) >= 11 is 0. The molecule has 0 saturated carbocycles. The van der Waals surface area contributed by atoms with E-state index in [1.165, 1.54) is 0 Å². The summed E-state index contributed by atoms with van der Waals surface area (Å²) in [4.78, 5) is 26.4. The first-order valence-corrected chi connectivity index (χ1v) is 8.74. The summed E-state index contributed by atoms with van der Waals surface area (Å²) in [7, 11) is 0. The molecular weight excluding hydrogens is 330 g/mol. The number of likely N-dealkylation sites (tertiary alicyclic amines) is 1. The van der Waals surface area contributed by atoms with Crippen molar-refractivity contribution in [1.29, 1.82) is 0 Å². The van der Waals surface area contributed by atoms with Crippen LogP contribution in [0.5, 0.6) is 0 Å². The third-order valence-corrected chi connectivity index (χ3v) is 4.47. The number of nitrogen functional groups attached to an aromatic ring is 1. The van der Waals surface area contributed by atoms with Crippen LogP contribution in [0.15, 0.2) is 54.6 Å². The van der Waals surface area contributed by atoms with Crippen LogP contribution in [-0.4, -0.2) is 30.0 Å². The largest absolute Gasteiger partial charge is 0.445 e. The fourth-order valence-corrected chi connectivity index (χ4v) is 3.01. The molecule has 6 nitrogen and oxygen atoms in total. The molecular formula is C20H23N3O3. The van der Waals surface area contributed by atoms with Gasteiger partial charge in [-0.25, -0.2) is 4.79 Å². The van der Waals surface area contributed by atoms with E-state index in [-0.39, 0.29) is 24.5 Å². The van der Waals surface area contributed by atoms with Gasteiger partial charge < -0.3 is 20.7 Å². The van der Waals surface area contributed by atoms with E-state index < -0.39 is 0 Å². The smallest absolute Gasteiger partial charge is 0.410 e. The number of piperidine rings is 1. The first kappa shape index (κ1) is 17.8. The zero-order chi connectivity index (χ0) is 18.4. The SMILES string of the molecule is Nc1ccccc1NC(=O)C1CCCN(C(=O)OCc2ccccc2)C1. The van der Waals surface area contributed by atoms with Gasteiger partial charge in [-0.1, -0.05) is 42.5 Å². The lowest BCUT2D eigenvalue weighted by molar-refractivity contribution is -0.121. The summed E-state index contributed by atoms with van der Waals surface area (Å²) in [5.74, 6) is -0.393. The standard InChI is InChI=1S/C20H23N3O3/c21-17-10-4-5-11-18(17)22-19(24)16-9-6-12-23(13-16)20(25)26-14-15-7-2-1-3-8-15/h1-5,7-8,10-11,16H,6,9,12-14,21H2,(H,22,24). The van der Waals surface area contributed by atoms with E-state index in [1.54, 1.807) is 17.0 Å². The van der Waals surface area contributed by atoms with Gasteiger partial charge in [0, 0.05) is 13.1 Å². The maximum Gasteiger partial charge on any atom is 0.410 e. The summed E-state index contributed by atoms with van der Waals surface area (Å²) in [5.41, 5.74) is 7.93.